The minimum atomic E-state index is 0.509. The van der Waals surface area contributed by atoms with Crippen LogP contribution in [0.5, 0.6) is 0 Å². The number of aromatic nitrogens is 1. The lowest BCUT2D eigenvalue weighted by Gasteiger charge is -2.05. The van der Waals surface area contributed by atoms with Crippen molar-refractivity contribution in [1.29, 1.82) is 5.26 Å². The van der Waals surface area contributed by atoms with Gasteiger partial charge < -0.3 is 4.98 Å². The Morgan fingerprint density at radius 1 is 0.955 bits per heavy atom. The number of nitrogens with zero attached hydrogens (tertiary/aromatic N) is 1. The summed E-state index contributed by atoms with van der Waals surface area (Å²) in [6.07, 6.45) is 0. The van der Waals surface area contributed by atoms with Crippen molar-refractivity contribution in [2.24, 2.45) is 0 Å². The van der Waals surface area contributed by atoms with Crippen LogP contribution in [0, 0.1) is 18.3 Å². The van der Waals surface area contributed by atoms with E-state index in [0.717, 1.165) is 27.9 Å². The molecule has 0 bridgehead atoms. The highest BCUT2D eigenvalue weighted by Crippen LogP contribution is 2.36. The first kappa shape index (κ1) is 14.7. The van der Waals surface area contributed by atoms with E-state index in [1.807, 2.05) is 49.4 Å². The third kappa shape index (κ3) is 2.62. The molecule has 0 atom stereocenters. The molecule has 108 valence electrons. The van der Waals surface area contributed by atoms with Crippen molar-refractivity contribution >= 4 is 23.2 Å². The van der Waals surface area contributed by atoms with Crippen molar-refractivity contribution in [1.82, 2.24) is 4.98 Å². The molecule has 0 unspecified atom stereocenters. The monoisotopic (exact) mass is 326 g/mol. The van der Waals surface area contributed by atoms with E-state index < -0.39 is 0 Å². The number of nitriles is 1. The molecule has 0 fully saturated rings. The van der Waals surface area contributed by atoms with Gasteiger partial charge in [-0.2, -0.15) is 5.26 Å². The molecule has 0 amide bonds. The van der Waals surface area contributed by atoms with Crippen LogP contribution in [-0.2, 0) is 0 Å². The molecule has 0 saturated heterocycles. The molecule has 1 heterocycles. The van der Waals surface area contributed by atoms with Crippen LogP contribution in [0.4, 0.5) is 0 Å². The maximum absolute atomic E-state index is 9.46. The van der Waals surface area contributed by atoms with Gasteiger partial charge in [-0.3, -0.25) is 0 Å². The summed E-state index contributed by atoms with van der Waals surface area (Å²) in [5.74, 6) is 0. The van der Waals surface area contributed by atoms with Gasteiger partial charge in [0.05, 0.1) is 0 Å². The van der Waals surface area contributed by atoms with Crippen molar-refractivity contribution in [3.8, 4) is 28.5 Å². The van der Waals surface area contributed by atoms with Gasteiger partial charge in [-0.05, 0) is 41.8 Å². The summed E-state index contributed by atoms with van der Waals surface area (Å²) in [5.41, 5.74) is 5.16. The maximum Gasteiger partial charge on any atom is 0.126 e. The van der Waals surface area contributed by atoms with Crippen molar-refractivity contribution in [3.05, 3.63) is 69.8 Å². The molecule has 3 aromatic rings. The van der Waals surface area contributed by atoms with Gasteiger partial charge in [-0.1, -0.05) is 53.5 Å². The Labute approximate surface area is 138 Å². The number of nitrogens with one attached hydrogen (secondary N) is 1. The van der Waals surface area contributed by atoms with Gasteiger partial charge in [-0.25, -0.2) is 0 Å². The van der Waals surface area contributed by atoms with Crippen molar-refractivity contribution in [2.75, 3.05) is 0 Å². The lowest BCUT2D eigenvalue weighted by atomic mass is 9.99. The van der Waals surface area contributed by atoms with E-state index in [4.69, 9.17) is 23.2 Å². The molecule has 0 aliphatic rings. The molecule has 22 heavy (non-hydrogen) atoms. The number of H-pyrrole nitrogens is 1. The van der Waals surface area contributed by atoms with Gasteiger partial charge in [-0.15, -0.1) is 0 Å². The van der Waals surface area contributed by atoms with Crippen LogP contribution in [0.1, 0.15) is 11.3 Å². The van der Waals surface area contributed by atoms with Crippen LogP contribution < -0.4 is 0 Å². The summed E-state index contributed by atoms with van der Waals surface area (Å²) in [6, 6.07) is 17.5. The lowest BCUT2D eigenvalue weighted by Crippen LogP contribution is -1.83. The van der Waals surface area contributed by atoms with E-state index in [1.165, 1.54) is 0 Å². The van der Waals surface area contributed by atoms with Crippen LogP contribution >= 0.6 is 23.2 Å². The predicted molar refractivity (Wildman–Crippen MR) is 91.1 cm³/mol. The highest BCUT2D eigenvalue weighted by Gasteiger charge is 2.17. The van der Waals surface area contributed by atoms with E-state index in [1.54, 1.807) is 6.07 Å². The van der Waals surface area contributed by atoms with Crippen molar-refractivity contribution in [2.45, 2.75) is 6.92 Å². The fourth-order valence-corrected chi connectivity index (χ4v) is 3.16. The summed E-state index contributed by atoms with van der Waals surface area (Å²) in [5, 5.41) is 10.6. The Bertz CT molecular complexity index is 854. The molecular formula is C18H12Cl2N2. The molecule has 3 rings (SSSR count). The number of hydrogen-bond donors (Lipinski definition) is 1. The molecule has 0 radical (unpaired) electrons. The minimum absolute atomic E-state index is 0.509. The van der Waals surface area contributed by atoms with Crippen LogP contribution in [0.2, 0.25) is 10.0 Å². The normalized spacial score (nSPS) is 10.5. The Morgan fingerprint density at radius 2 is 1.59 bits per heavy atom. The van der Waals surface area contributed by atoms with Gasteiger partial charge in [0.2, 0.25) is 0 Å². The van der Waals surface area contributed by atoms with Gasteiger partial charge in [0.15, 0.2) is 0 Å². The standard InChI is InChI=1S/C18H12Cl2N2/c1-11-17(13-7-14(19)9-15(20)8-13)16(10-21)22-18(11)12-5-3-2-4-6-12/h2-9,22H,1H3. The fraction of sp³-hybridized carbons (Fsp3) is 0.0556. The number of benzene rings is 2. The third-order valence-electron chi connectivity index (χ3n) is 3.58. The molecule has 0 saturated carbocycles. The Morgan fingerprint density at radius 3 is 2.18 bits per heavy atom. The molecule has 1 N–H and O–H groups in total. The van der Waals surface area contributed by atoms with Crippen LogP contribution in [0.25, 0.3) is 22.4 Å². The third-order valence-corrected chi connectivity index (χ3v) is 4.01. The van der Waals surface area contributed by atoms with Crippen molar-refractivity contribution in [3.63, 3.8) is 0 Å². The second-order valence-electron chi connectivity index (χ2n) is 5.01. The molecule has 2 aromatic carbocycles. The van der Waals surface area contributed by atoms with Gasteiger partial charge in [0.1, 0.15) is 11.8 Å². The summed E-state index contributed by atoms with van der Waals surface area (Å²) < 4.78 is 0. The summed E-state index contributed by atoms with van der Waals surface area (Å²) in [6.45, 7) is 1.99. The Hall–Kier alpha value is -2.21. The average molecular weight is 327 g/mol. The Kier molecular flexibility index (Phi) is 3.94. The quantitative estimate of drug-likeness (QED) is 0.631. The smallest absolute Gasteiger partial charge is 0.126 e. The zero-order valence-electron chi connectivity index (χ0n) is 11.8. The van der Waals surface area contributed by atoms with Gasteiger partial charge in [0, 0.05) is 21.3 Å². The summed E-state index contributed by atoms with van der Waals surface area (Å²) in [7, 11) is 0. The highest BCUT2D eigenvalue weighted by molar-refractivity contribution is 6.35. The first-order chi connectivity index (χ1) is 10.6. The van der Waals surface area contributed by atoms with Crippen molar-refractivity contribution < 1.29 is 0 Å². The van der Waals surface area contributed by atoms with E-state index in [0.29, 0.717) is 15.7 Å². The number of aromatic amines is 1. The minimum Gasteiger partial charge on any atom is -0.346 e. The van der Waals surface area contributed by atoms with Crippen LogP contribution in [0.3, 0.4) is 0 Å². The fourth-order valence-electron chi connectivity index (χ4n) is 2.63. The molecule has 0 spiro atoms. The number of hydrogen-bond acceptors (Lipinski definition) is 1. The predicted octanol–water partition coefficient (Wildman–Crippen LogP) is 5.84. The van der Waals surface area contributed by atoms with Crippen LogP contribution in [0.15, 0.2) is 48.5 Å². The highest BCUT2D eigenvalue weighted by atomic mass is 35.5. The van der Waals surface area contributed by atoms with Gasteiger partial charge >= 0.3 is 0 Å². The molecule has 0 aliphatic carbocycles. The topological polar surface area (TPSA) is 39.6 Å². The second-order valence-corrected chi connectivity index (χ2v) is 5.88. The van der Waals surface area contributed by atoms with Crippen LogP contribution in [-0.4, -0.2) is 4.98 Å². The zero-order valence-corrected chi connectivity index (χ0v) is 13.3. The van der Waals surface area contributed by atoms with E-state index >= 15 is 0 Å². The summed E-state index contributed by atoms with van der Waals surface area (Å²) >= 11 is 12.2. The van der Waals surface area contributed by atoms with Gasteiger partial charge in [0.25, 0.3) is 0 Å². The average Bonchev–Trinajstić information content (AvgIpc) is 2.84. The SMILES string of the molecule is Cc1c(-c2ccccc2)[nH]c(C#N)c1-c1cc(Cl)cc(Cl)c1. The van der Waals surface area contributed by atoms with E-state index in [-0.39, 0.29) is 0 Å². The van der Waals surface area contributed by atoms with E-state index in [2.05, 4.69) is 11.1 Å². The molecule has 1 aromatic heterocycles. The molecule has 4 heteroatoms. The maximum atomic E-state index is 9.46. The first-order valence-electron chi connectivity index (χ1n) is 6.74. The molecular weight excluding hydrogens is 315 g/mol. The first-order valence-corrected chi connectivity index (χ1v) is 7.50. The Balaban J connectivity index is 2.25. The molecule has 0 aliphatic heterocycles. The zero-order chi connectivity index (χ0) is 15.7. The largest absolute Gasteiger partial charge is 0.346 e. The lowest BCUT2D eigenvalue weighted by molar-refractivity contribution is 1.32. The molecule has 2 nitrogen and oxygen atoms in total. The summed E-state index contributed by atoms with van der Waals surface area (Å²) in [4.78, 5) is 3.21. The van der Waals surface area contributed by atoms with E-state index in [9.17, 15) is 5.26 Å². The number of halogens is 2. The number of rotatable bonds is 2. The second kappa shape index (κ2) is 5.88.